The first-order chi connectivity index (χ1) is 14.6. The zero-order chi connectivity index (χ0) is 20.7. The molecule has 0 radical (unpaired) electrons. The highest BCUT2D eigenvalue weighted by atomic mass is 16.6. The minimum atomic E-state index is -0.223. The smallest absolute Gasteiger partial charge is 0.410 e. The molecule has 7 nitrogen and oxygen atoms in total. The van der Waals surface area contributed by atoms with E-state index in [0.717, 1.165) is 48.5 Å². The number of carbonyl (C=O) groups is 1. The number of aromatic nitrogens is 3. The fourth-order valence-electron chi connectivity index (χ4n) is 5.16. The van der Waals surface area contributed by atoms with Gasteiger partial charge in [0.05, 0.1) is 10.9 Å². The molecule has 3 aromatic rings. The van der Waals surface area contributed by atoms with Crippen molar-refractivity contribution < 1.29 is 9.53 Å². The molecule has 7 heteroatoms. The highest BCUT2D eigenvalue weighted by Gasteiger charge is 2.57. The summed E-state index contributed by atoms with van der Waals surface area (Å²) < 4.78 is 5.68. The number of anilines is 1. The van der Waals surface area contributed by atoms with Crippen LogP contribution >= 0.6 is 0 Å². The second-order valence-electron chi connectivity index (χ2n) is 8.78. The van der Waals surface area contributed by atoms with Gasteiger partial charge in [0.1, 0.15) is 24.4 Å². The molecule has 2 aliphatic rings. The van der Waals surface area contributed by atoms with Gasteiger partial charge in [-0.3, -0.25) is 0 Å². The van der Waals surface area contributed by atoms with E-state index in [4.69, 9.17) is 4.74 Å². The van der Waals surface area contributed by atoms with Crippen LogP contribution in [0.3, 0.4) is 0 Å². The standard InChI is InChI=1S/C23H27N5O2/c1-16-10-23(14-27(11-16)21-19-8-9-24-20(19)25-15-26-21)17(2)12-28(23)22(29)30-13-18-6-4-3-5-7-18/h3-9,15-17H,10-14H2,1-2H3,(H,24,25,26)/t16-,17-,23-/m0/s1. The Bertz CT molecular complexity index is 1050. The zero-order valence-corrected chi connectivity index (χ0v) is 17.4. The lowest BCUT2D eigenvalue weighted by Crippen LogP contribution is -2.74. The van der Waals surface area contributed by atoms with Gasteiger partial charge in [-0.25, -0.2) is 14.8 Å². The van der Waals surface area contributed by atoms with E-state index in [1.54, 1.807) is 6.33 Å². The molecule has 1 amide bonds. The number of ether oxygens (including phenoxy) is 1. The van der Waals surface area contributed by atoms with E-state index in [2.05, 4.69) is 33.7 Å². The molecule has 0 unspecified atom stereocenters. The number of benzene rings is 1. The number of carbonyl (C=O) groups excluding carboxylic acids is 1. The maximum Gasteiger partial charge on any atom is 0.410 e. The van der Waals surface area contributed by atoms with Gasteiger partial charge in [0, 0.05) is 25.8 Å². The van der Waals surface area contributed by atoms with Gasteiger partial charge in [0.2, 0.25) is 0 Å². The first-order valence-electron chi connectivity index (χ1n) is 10.6. The Hall–Kier alpha value is -3.09. The summed E-state index contributed by atoms with van der Waals surface area (Å²) >= 11 is 0. The van der Waals surface area contributed by atoms with Gasteiger partial charge in [-0.15, -0.1) is 0 Å². The first-order valence-corrected chi connectivity index (χ1v) is 10.6. The monoisotopic (exact) mass is 405 g/mol. The summed E-state index contributed by atoms with van der Waals surface area (Å²) in [6.07, 6.45) is 4.26. The number of aromatic amines is 1. The Morgan fingerprint density at radius 1 is 1.20 bits per heavy atom. The van der Waals surface area contributed by atoms with Crippen molar-refractivity contribution in [3.05, 3.63) is 54.5 Å². The van der Waals surface area contributed by atoms with Crippen LogP contribution in [0.4, 0.5) is 10.6 Å². The number of rotatable bonds is 3. The van der Waals surface area contributed by atoms with Crippen molar-refractivity contribution in [3.63, 3.8) is 0 Å². The van der Waals surface area contributed by atoms with Gasteiger partial charge >= 0.3 is 6.09 Å². The second-order valence-corrected chi connectivity index (χ2v) is 8.78. The van der Waals surface area contributed by atoms with E-state index in [9.17, 15) is 4.79 Å². The summed E-state index contributed by atoms with van der Waals surface area (Å²) in [4.78, 5) is 29.3. The maximum atomic E-state index is 13.0. The molecule has 2 aromatic heterocycles. The molecule has 0 bridgehead atoms. The maximum absolute atomic E-state index is 13.0. The van der Waals surface area contributed by atoms with Gasteiger partial charge in [-0.05, 0) is 29.9 Å². The summed E-state index contributed by atoms with van der Waals surface area (Å²) in [6, 6.07) is 11.9. The quantitative estimate of drug-likeness (QED) is 0.717. The molecule has 2 saturated heterocycles. The van der Waals surface area contributed by atoms with Crippen LogP contribution in [-0.2, 0) is 11.3 Å². The zero-order valence-electron chi connectivity index (χ0n) is 17.4. The predicted molar refractivity (Wildman–Crippen MR) is 115 cm³/mol. The Balaban J connectivity index is 1.37. The summed E-state index contributed by atoms with van der Waals surface area (Å²) in [6.45, 7) is 7.20. The first kappa shape index (κ1) is 18.9. The SMILES string of the molecule is C[C@@H]1CN(c2ncnc3[nH]ccc23)C[C@@]2(C1)[C@@H](C)CN2C(=O)OCc1ccccc1. The fraction of sp³-hybridized carbons (Fsp3) is 0.435. The number of likely N-dealkylation sites (tertiary alicyclic amines) is 1. The van der Waals surface area contributed by atoms with Crippen molar-refractivity contribution in [2.45, 2.75) is 32.4 Å². The van der Waals surface area contributed by atoms with Gasteiger partial charge in [0.25, 0.3) is 0 Å². The van der Waals surface area contributed by atoms with E-state index < -0.39 is 0 Å². The van der Waals surface area contributed by atoms with Crippen LogP contribution in [0.25, 0.3) is 11.0 Å². The van der Waals surface area contributed by atoms with Crippen LogP contribution in [0.15, 0.2) is 48.9 Å². The Kier molecular flexibility index (Phi) is 4.60. The van der Waals surface area contributed by atoms with Crippen LogP contribution < -0.4 is 4.90 Å². The van der Waals surface area contributed by atoms with E-state index in [-0.39, 0.29) is 11.6 Å². The number of H-pyrrole nitrogens is 1. The molecule has 1 N–H and O–H groups in total. The molecular formula is C23H27N5O2. The lowest BCUT2D eigenvalue weighted by atomic mass is 9.67. The van der Waals surface area contributed by atoms with Crippen molar-refractivity contribution in [3.8, 4) is 0 Å². The number of amides is 1. The molecule has 30 heavy (non-hydrogen) atoms. The molecule has 0 aliphatic carbocycles. The van der Waals surface area contributed by atoms with Crippen LogP contribution in [0.5, 0.6) is 0 Å². The summed E-state index contributed by atoms with van der Waals surface area (Å²) in [5.74, 6) is 1.79. The van der Waals surface area contributed by atoms with Crippen LogP contribution in [0.1, 0.15) is 25.8 Å². The summed E-state index contributed by atoms with van der Waals surface area (Å²) in [5.41, 5.74) is 1.62. The number of nitrogens with one attached hydrogen (secondary N) is 1. The third-order valence-electron chi connectivity index (χ3n) is 6.67. The second kappa shape index (κ2) is 7.31. The molecule has 156 valence electrons. The van der Waals surface area contributed by atoms with Gasteiger partial charge < -0.3 is 19.5 Å². The third-order valence-corrected chi connectivity index (χ3v) is 6.67. The number of nitrogens with zero attached hydrogens (tertiary/aromatic N) is 4. The lowest BCUT2D eigenvalue weighted by molar-refractivity contribution is -0.0786. The number of fused-ring (bicyclic) bond motifs is 1. The Morgan fingerprint density at radius 3 is 2.83 bits per heavy atom. The normalized spacial score (nSPS) is 26.1. The molecule has 0 saturated carbocycles. The Labute approximate surface area is 176 Å². The van der Waals surface area contributed by atoms with E-state index in [0.29, 0.717) is 18.4 Å². The molecule has 2 fully saturated rings. The largest absolute Gasteiger partial charge is 0.445 e. The number of hydrogen-bond acceptors (Lipinski definition) is 5. The third kappa shape index (κ3) is 3.09. The molecular weight excluding hydrogens is 378 g/mol. The van der Waals surface area contributed by atoms with E-state index in [1.807, 2.05) is 47.5 Å². The van der Waals surface area contributed by atoms with Crippen molar-refractivity contribution in [2.24, 2.45) is 11.8 Å². The molecule has 1 aromatic carbocycles. The van der Waals surface area contributed by atoms with Gasteiger partial charge in [-0.1, -0.05) is 44.2 Å². The van der Waals surface area contributed by atoms with E-state index in [1.165, 1.54) is 0 Å². The van der Waals surface area contributed by atoms with Crippen molar-refractivity contribution >= 4 is 22.9 Å². The molecule has 4 heterocycles. The molecule has 1 spiro atoms. The van der Waals surface area contributed by atoms with Gasteiger partial charge in [-0.2, -0.15) is 0 Å². The minimum absolute atomic E-state index is 0.222. The average molecular weight is 406 g/mol. The lowest BCUT2D eigenvalue weighted by Gasteiger charge is -2.61. The molecule has 3 atom stereocenters. The van der Waals surface area contributed by atoms with Gasteiger partial charge in [0.15, 0.2) is 0 Å². The van der Waals surface area contributed by atoms with Crippen LogP contribution in [0, 0.1) is 11.8 Å². The highest BCUT2D eigenvalue weighted by Crippen LogP contribution is 2.46. The highest BCUT2D eigenvalue weighted by molar-refractivity contribution is 5.87. The average Bonchev–Trinajstić information content (AvgIpc) is 3.25. The molecule has 2 aliphatic heterocycles. The van der Waals surface area contributed by atoms with Crippen molar-refractivity contribution in [1.29, 1.82) is 0 Å². The van der Waals surface area contributed by atoms with Crippen LogP contribution in [-0.4, -0.2) is 51.1 Å². The number of hydrogen-bond donors (Lipinski definition) is 1. The molecule has 5 rings (SSSR count). The summed E-state index contributed by atoms with van der Waals surface area (Å²) in [5, 5.41) is 1.02. The Morgan fingerprint density at radius 2 is 2.03 bits per heavy atom. The van der Waals surface area contributed by atoms with E-state index >= 15 is 0 Å². The van der Waals surface area contributed by atoms with Crippen molar-refractivity contribution in [1.82, 2.24) is 19.9 Å². The predicted octanol–water partition coefficient (Wildman–Crippen LogP) is 3.83. The van der Waals surface area contributed by atoms with Crippen LogP contribution in [0.2, 0.25) is 0 Å². The fourth-order valence-corrected chi connectivity index (χ4v) is 5.16. The number of piperidine rings is 1. The topological polar surface area (TPSA) is 74.4 Å². The van der Waals surface area contributed by atoms with Crippen molar-refractivity contribution in [2.75, 3.05) is 24.5 Å². The summed E-state index contributed by atoms with van der Waals surface area (Å²) in [7, 11) is 0. The minimum Gasteiger partial charge on any atom is -0.445 e.